The smallest absolute Gasteiger partial charge is 0.133 e. The summed E-state index contributed by atoms with van der Waals surface area (Å²) in [5, 5.41) is 2.63. The Bertz CT molecular complexity index is 527. The zero-order chi connectivity index (χ0) is 12.4. The van der Waals surface area contributed by atoms with Gasteiger partial charge in [-0.2, -0.15) is 0 Å². The maximum Gasteiger partial charge on any atom is 0.133 e. The molecule has 0 aliphatic carbocycles. The van der Waals surface area contributed by atoms with Crippen LogP contribution in [0, 0.1) is 5.82 Å². The van der Waals surface area contributed by atoms with E-state index in [4.69, 9.17) is 5.73 Å². The quantitative estimate of drug-likeness (QED) is 0.936. The lowest BCUT2D eigenvalue weighted by molar-refractivity contribution is 0.630. The Labute approximate surface area is 112 Å². The van der Waals surface area contributed by atoms with Gasteiger partial charge in [-0.25, -0.2) is 9.37 Å². The number of benzene rings is 1. The van der Waals surface area contributed by atoms with E-state index in [0.717, 1.165) is 10.2 Å². The van der Waals surface area contributed by atoms with Crippen molar-refractivity contribution in [2.45, 2.75) is 12.8 Å². The molecule has 2 nitrogen and oxygen atoms in total. The van der Waals surface area contributed by atoms with Crippen LogP contribution in [-0.2, 0) is 0 Å². The van der Waals surface area contributed by atoms with Gasteiger partial charge >= 0.3 is 0 Å². The number of rotatable bonds is 3. The van der Waals surface area contributed by atoms with Crippen LogP contribution in [0.3, 0.4) is 0 Å². The van der Waals surface area contributed by atoms with Crippen molar-refractivity contribution in [3.05, 3.63) is 39.6 Å². The second-order valence-electron chi connectivity index (χ2n) is 3.84. The first-order valence-electron chi connectivity index (χ1n) is 5.22. The number of halogens is 2. The van der Waals surface area contributed by atoms with Gasteiger partial charge in [-0.1, -0.05) is 22.9 Å². The van der Waals surface area contributed by atoms with Gasteiger partial charge in [0.2, 0.25) is 0 Å². The first-order chi connectivity index (χ1) is 8.11. The van der Waals surface area contributed by atoms with Crippen molar-refractivity contribution in [2.24, 2.45) is 5.73 Å². The zero-order valence-corrected chi connectivity index (χ0v) is 11.7. The summed E-state index contributed by atoms with van der Waals surface area (Å²) in [6, 6.07) is 4.85. The highest BCUT2D eigenvalue weighted by Gasteiger charge is 2.13. The van der Waals surface area contributed by atoms with E-state index in [2.05, 4.69) is 20.9 Å². The van der Waals surface area contributed by atoms with Crippen molar-refractivity contribution in [1.82, 2.24) is 4.98 Å². The van der Waals surface area contributed by atoms with E-state index < -0.39 is 0 Å². The summed E-state index contributed by atoms with van der Waals surface area (Å²) >= 11 is 4.77. The molecule has 0 aliphatic rings. The van der Waals surface area contributed by atoms with Crippen LogP contribution in [0.4, 0.5) is 4.39 Å². The number of aromatic nitrogens is 1. The molecule has 0 bridgehead atoms. The van der Waals surface area contributed by atoms with Crippen molar-refractivity contribution in [2.75, 3.05) is 6.54 Å². The maximum absolute atomic E-state index is 13.7. The van der Waals surface area contributed by atoms with E-state index in [0.29, 0.717) is 17.1 Å². The van der Waals surface area contributed by atoms with Crippen LogP contribution in [0.2, 0.25) is 0 Å². The minimum atomic E-state index is -0.255. The fourth-order valence-electron chi connectivity index (χ4n) is 1.42. The highest BCUT2D eigenvalue weighted by atomic mass is 79.9. The number of hydrogen-bond acceptors (Lipinski definition) is 3. The normalized spacial score (nSPS) is 12.7. The summed E-state index contributed by atoms with van der Waals surface area (Å²) in [4.78, 5) is 4.43. The van der Waals surface area contributed by atoms with Gasteiger partial charge in [-0.3, -0.25) is 0 Å². The molecule has 1 atom stereocenters. The molecule has 0 amide bonds. The largest absolute Gasteiger partial charge is 0.330 e. The van der Waals surface area contributed by atoms with Crippen LogP contribution in [0.15, 0.2) is 28.1 Å². The fraction of sp³-hybridized carbons (Fsp3) is 0.250. The molecule has 2 N–H and O–H groups in total. The van der Waals surface area contributed by atoms with Gasteiger partial charge in [-0.15, -0.1) is 11.3 Å². The molecular formula is C12H12BrFN2S. The van der Waals surface area contributed by atoms with Gasteiger partial charge < -0.3 is 5.73 Å². The average Bonchev–Trinajstić information content (AvgIpc) is 2.80. The lowest BCUT2D eigenvalue weighted by Gasteiger charge is -2.03. The molecule has 1 aromatic heterocycles. The summed E-state index contributed by atoms with van der Waals surface area (Å²) < 4.78 is 14.5. The van der Waals surface area contributed by atoms with Crippen LogP contribution in [0.25, 0.3) is 10.6 Å². The molecule has 0 fully saturated rings. The molecule has 1 heterocycles. The number of nitrogens with zero attached hydrogens (tertiary/aromatic N) is 1. The summed E-state index contributed by atoms with van der Waals surface area (Å²) in [5.41, 5.74) is 7.04. The van der Waals surface area contributed by atoms with Gasteiger partial charge in [0.15, 0.2) is 0 Å². The minimum absolute atomic E-state index is 0.204. The van der Waals surface area contributed by atoms with Crippen LogP contribution in [-0.4, -0.2) is 11.5 Å². The lowest BCUT2D eigenvalue weighted by Crippen LogP contribution is -2.08. The Hall–Kier alpha value is -0.780. The fourth-order valence-corrected chi connectivity index (χ4v) is 2.74. The molecule has 1 aromatic carbocycles. The highest BCUT2D eigenvalue weighted by Crippen LogP contribution is 2.30. The SMILES string of the molecule is CC(CN)c1csc(-c2cc(Br)ccc2F)n1. The van der Waals surface area contributed by atoms with E-state index in [1.807, 2.05) is 12.3 Å². The van der Waals surface area contributed by atoms with Crippen molar-refractivity contribution in [3.8, 4) is 10.6 Å². The Morgan fingerprint density at radius 1 is 1.53 bits per heavy atom. The average molecular weight is 315 g/mol. The molecule has 90 valence electrons. The lowest BCUT2D eigenvalue weighted by atomic mass is 10.1. The predicted molar refractivity (Wildman–Crippen MR) is 72.7 cm³/mol. The van der Waals surface area contributed by atoms with Crippen LogP contribution < -0.4 is 5.73 Å². The van der Waals surface area contributed by atoms with Gasteiger partial charge in [0, 0.05) is 27.9 Å². The Morgan fingerprint density at radius 3 is 3.00 bits per heavy atom. The first-order valence-corrected chi connectivity index (χ1v) is 6.90. The van der Waals surface area contributed by atoms with Gasteiger partial charge in [0.25, 0.3) is 0 Å². The summed E-state index contributed by atoms with van der Waals surface area (Å²) in [6.45, 7) is 2.56. The standard InChI is InChI=1S/C12H12BrFN2S/c1-7(5-15)11-6-17-12(16-11)9-4-8(13)2-3-10(9)14/h2-4,6-7H,5,15H2,1H3. The third-order valence-electron chi connectivity index (χ3n) is 2.54. The molecule has 1 unspecified atom stereocenters. The number of thiazole rings is 1. The van der Waals surface area contributed by atoms with E-state index in [1.54, 1.807) is 12.1 Å². The second kappa shape index (κ2) is 5.25. The molecule has 0 aliphatic heterocycles. The van der Waals surface area contributed by atoms with E-state index in [1.165, 1.54) is 17.4 Å². The molecule has 0 saturated heterocycles. The molecule has 0 radical (unpaired) electrons. The third kappa shape index (κ3) is 2.73. The van der Waals surface area contributed by atoms with Crippen LogP contribution in [0.1, 0.15) is 18.5 Å². The second-order valence-corrected chi connectivity index (χ2v) is 5.61. The van der Waals surface area contributed by atoms with Crippen molar-refractivity contribution in [3.63, 3.8) is 0 Å². The molecule has 0 saturated carbocycles. The number of hydrogen-bond donors (Lipinski definition) is 1. The first kappa shape index (κ1) is 12.7. The van der Waals surface area contributed by atoms with Gasteiger partial charge in [0.1, 0.15) is 10.8 Å². The highest BCUT2D eigenvalue weighted by molar-refractivity contribution is 9.10. The van der Waals surface area contributed by atoms with Crippen molar-refractivity contribution >= 4 is 27.3 Å². The molecule has 0 spiro atoms. The Balaban J connectivity index is 2.40. The molecule has 17 heavy (non-hydrogen) atoms. The summed E-state index contributed by atoms with van der Waals surface area (Å²) in [6.07, 6.45) is 0. The van der Waals surface area contributed by atoms with E-state index in [-0.39, 0.29) is 11.7 Å². The van der Waals surface area contributed by atoms with Gasteiger partial charge in [0.05, 0.1) is 5.69 Å². The number of nitrogens with two attached hydrogens (primary N) is 1. The zero-order valence-electron chi connectivity index (χ0n) is 9.28. The molecule has 2 aromatic rings. The molecule has 5 heteroatoms. The van der Waals surface area contributed by atoms with Crippen molar-refractivity contribution in [1.29, 1.82) is 0 Å². The monoisotopic (exact) mass is 314 g/mol. The summed E-state index contributed by atoms with van der Waals surface area (Å²) in [7, 11) is 0. The van der Waals surface area contributed by atoms with Crippen LogP contribution in [0.5, 0.6) is 0 Å². The minimum Gasteiger partial charge on any atom is -0.330 e. The molecule has 2 rings (SSSR count). The van der Waals surface area contributed by atoms with E-state index >= 15 is 0 Å². The van der Waals surface area contributed by atoms with Crippen molar-refractivity contribution < 1.29 is 4.39 Å². The van der Waals surface area contributed by atoms with Gasteiger partial charge in [-0.05, 0) is 18.2 Å². The predicted octanol–water partition coefficient (Wildman–Crippen LogP) is 3.77. The third-order valence-corrected chi connectivity index (χ3v) is 3.93. The Kier molecular flexibility index (Phi) is 3.91. The Morgan fingerprint density at radius 2 is 2.29 bits per heavy atom. The maximum atomic E-state index is 13.7. The van der Waals surface area contributed by atoms with Crippen LogP contribution >= 0.6 is 27.3 Å². The topological polar surface area (TPSA) is 38.9 Å². The summed E-state index contributed by atoms with van der Waals surface area (Å²) in [5.74, 6) is -0.0512. The molecular weight excluding hydrogens is 303 g/mol. The van der Waals surface area contributed by atoms with E-state index in [9.17, 15) is 4.39 Å².